The molecule has 1 atom stereocenters. The number of aliphatic hydroxyl groups is 2. The maximum Gasteiger partial charge on any atom is 0.333 e. The second-order valence-corrected chi connectivity index (χ2v) is 7.13. The molecule has 0 bridgehead atoms. The van der Waals surface area contributed by atoms with Gasteiger partial charge in [-0.1, -0.05) is 30.3 Å². The summed E-state index contributed by atoms with van der Waals surface area (Å²) in [6.07, 6.45) is -0.305. The van der Waals surface area contributed by atoms with Crippen LogP contribution in [0.2, 0.25) is 0 Å². The second-order valence-electron chi connectivity index (χ2n) is 7.13. The van der Waals surface area contributed by atoms with E-state index < -0.39 is 12.1 Å². The molecule has 2 aromatic carbocycles. The van der Waals surface area contributed by atoms with Gasteiger partial charge in [0.15, 0.2) is 0 Å². The maximum absolute atomic E-state index is 13.5. The normalized spacial score (nSPS) is 13.1. The van der Waals surface area contributed by atoms with Crippen molar-refractivity contribution in [1.82, 2.24) is 4.57 Å². The molecule has 0 saturated carbocycles. The van der Waals surface area contributed by atoms with Crippen molar-refractivity contribution in [2.75, 3.05) is 7.11 Å². The summed E-state index contributed by atoms with van der Waals surface area (Å²) >= 11 is 0. The predicted octanol–water partition coefficient (Wildman–Crippen LogP) is 5.07. The Balaban J connectivity index is 2.22. The highest BCUT2D eigenvalue weighted by Gasteiger charge is 2.26. The standard InChI is InChI=1S/C23H24FNO4/c1-14(2)25-19-7-5-4-6-18(19)22(15-8-10-16(24)11-9-15)23(25)20(27)12-17(26)13-21(28)29-3/h4-11,13-14,20,26-27H,12H2,1-3H3/b17-13-. The topological polar surface area (TPSA) is 71.7 Å². The summed E-state index contributed by atoms with van der Waals surface area (Å²) in [5, 5.41) is 22.1. The van der Waals surface area contributed by atoms with E-state index in [1.807, 2.05) is 42.7 Å². The number of hydrogen-bond donors (Lipinski definition) is 2. The number of carbonyl (C=O) groups is 1. The number of ether oxygens (including phenoxy) is 1. The number of fused-ring (bicyclic) bond motifs is 1. The molecule has 6 heteroatoms. The zero-order chi connectivity index (χ0) is 21.1. The molecule has 0 aliphatic rings. The highest BCUT2D eigenvalue weighted by atomic mass is 19.1. The number of methoxy groups -OCH3 is 1. The molecule has 0 aliphatic carbocycles. The van der Waals surface area contributed by atoms with Gasteiger partial charge in [0, 0.05) is 28.9 Å². The first-order valence-corrected chi connectivity index (χ1v) is 9.37. The first-order valence-electron chi connectivity index (χ1n) is 9.37. The van der Waals surface area contributed by atoms with Crippen LogP contribution in [0.25, 0.3) is 22.0 Å². The van der Waals surface area contributed by atoms with Gasteiger partial charge < -0.3 is 19.5 Å². The molecule has 152 valence electrons. The van der Waals surface area contributed by atoms with E-state index in [-0.39, 0.29) is 24.0 Å². The molecule has 5 nitrogen and oxygen atoms in total. The summed E-state index contributed by atoms with van der Waals surface area (Å²) in [4.78, 5) is 11.4. The Bertz CT molecular complexity index is 1050. The molecule has 3 rings (SSSR count). The summed E-state index contributed by atoms with van der Waals surface area (Å²) in [7, 11) is 1.21. The SMILES string of the molecule is COC(=O)/C=C(\O)CC(O)c1c(-c2ccc(F)cc2)c2ccccc2n1C(C)C. The fourth-order valence-corrected chi connectivity index (χ4v) is 3.64. The number of hydrogen-bond acceptors (Lipinski definition) is 4. The van der Waals surface area contributed by atoms with E-state index in [9.17, 15) is 19.4 Å². The lowest BCUT2D eigenvalue weighted by Crippen LogP contribution is -2.12. The first-order chi connectivity index (χ1) is 13.8. The van der Waals surface area contributed by atoms with Crippen molar-refractivity contribution < 1.29 is 24.1 Å². The minimum atomic E-state index is -1.09. The third-order valence-corrected chi connectivity index (χ3v) is 4.80. The summed E-state index contributed by atoms with van der Waals surface area (Å²) in [5.74, 6) is -1.32. The summed E-state index contributed by atoms with van der Waals surface area (Å²) in [5.41, 5.74) is 3.05. The average Bonchev–Trinajstić information content (AvgIpc) is 3.04. The van der Waals surface area contributed by atoms with E-state index in [1.54, 1.807) is 12.1 Å². The van der Waals surface area contributed by atoms with Crippen LogP contribution in [0, 0.1) is 5.82 Å². The number of carbonyl (C=O) groups excluding carboxylic acids is 1. The number of benzene rings is 2. The number of para-hydroxylation sites is 1. The van der Waals surface area contributed by atoms with Crippen molar-refractivity contribution in [2.24, 2.45) is 0 Å². The highest BCUT2D eigenvalue weighted by molar-refractivity contribution is 5.98. The van der Waals surface area contributed by atoms with E-state index in [1.165, 1.54) is 19.2 Å². The number of aromatic nitrogens is 1. The van der Waals surface area contributed by atoms with Gasteiger partial charge >= 0.3 is 5.97 Å². The Kier molecular flexibility index (Phi) is 6.03. The van der Waals surface area contributed by atoms with E-state index in [0.29, 0.717) is 5.69 Å². The van der Waals surface area contributed by atoms with Gasteiger partial charge in [-0.2, -0.15) is 0 Å². The van der Waals surface area contributed by atoms with Gasteiger partial charge in [-0.3, -0.25) is 0 Å². The summed E-state index contributed by atoms with van der Waals surface area (Å²) < 4.78 is 20.0. The average molecular weight is 397 g/mol. The monoisotopic (exact) mass is 397 g/mol. The summed E-state index contributed by atoms with van der Waals surface area (Å²) in [6, 6.07) is 13.8. The van der Waals surface area contributed by atoms with Gasteiger partial charge in [0.25, 0.3) is 0 Å². The number of nitrogens with zero attached hydrogens (tertiary/aromatic N) is 1. The molecule has 1 unspecified atom stereocenters. The van der Waals surface area contributed by atoms with E-state index in [2.05, 4.69) is 4.74 Å². The Morgan fingerprint density at radius 2 is 1.83 bits per heavy atom. The van der Waals surface area contributed by atoms with Crippen LogP contribution in [-0.2, 0) is 9.53 Å². The van der Waals surface area contributed by atoms with Crippen molar-refractivity contribution in [3.8, 4) is 11.1 Å². The molecule has 3 aromatic rings. The lowest BCUT2D eigenvalue weighted by atomic mass is 9.98. The lowest BCUT2D eigenvalue weighted by molar-refractivity contribution is -0.135. The van der Waals surface area contributed by atoms with Gasteiger partial charge in [0.2, 0.25) is 0 Å². The number of esters is 1. The molecule has 1 heterocycles. The molecular formula is C23H24FNO4. The van der Waals surface area contributed by atoms with Crippen LogP contribution in [0.5, 0.6) is 0 Å². The second kappa shape index (κ2) is 8.49. The molecule has 0 aliphatic heterocycles. The lowest BCUT2D eigenvalue weighted by Gasteiger charge is -2.20. The van der Waals surface area contributed by atoms with Crippen molar-refractivity contribution in [2.45, 2.75) is 32.4 Å². The molecular weight excluding hydrogens is 373 g/mol. The van der Waals surface area contributed by atoms with Gasteiger partial charge in [-0.15, -0.1) is 0 Å². The van der Waals surface area contributed by atoms with Crippen LogP contribution < -0.4 is 0 Å². The number of rotatable bonds is 6. The zero-order valence-electron chi connectivity index (χ0n) is 16.6. The van der Waals surface area contributed by atoms with E-state index in [0.717, 1.165) is 28.1 Å². The molecule has 0 radical (unpaired) electrons. The van der Waals surface area contributed by atoms with Gasteiger partial charge in [0.05, 0.1) is 18.9 Å². The smallest absolute Gasteiger partial charge is 0.333 e. The number of halogens is 1. The van der Waals surface area contributed by atoms with Gasteiger partial charge in [0.1, 0.15) is 17.7 Å². The number of aliphatic hydroxyl groups excluding tert-OH is 2. The highest BCUT2D eigenvalue weighted by Crippen LogP contribution is 2.41. The maximum atomic E-state index is 13.5. The molecule has 2 N–H and O–H groups in total. The minimum Gasteiger partial charge on any atom is -0.512 e. The van der Waals surface area contributed by atoms with Gasteiger partial charge in [-0.25, -0.2) is 9.18 Å². The van der Waals surface area contributed by atoms with Crippen molar-refractivity contribution in [3.05, 3.63) is 71.9 Å². The van der Waals surface area contributed by atoms with Crippen LogP contribution in [-0.4, -0.2) is 27.9 Å². The molecule has 0 saturated heterocycles. The fourth-order valence-electron chi connectivity index (χ4n) is 3.64. The first kappa shape index (κ1) is 20.6. The zero-order valence-corrected chi connectivity index (χ0v) is 16.6. The molecule has 0 amide bonds. The predicted molar refractivity (Wildman–Crippen MR) is 110 cm³/mol. The third-order valence-electron chi connectivity index (χ3n) is 4.80. The molecule has 1 aromatic heterocycles. The minimum absolute atomic E-state index is 0.0190. The van der Waals surface area contributed by atoms with Crippen molar-refractivity contribution in [3.63, 3.8) is 0 Å². The largest absolute Gasteiger partial charge is 0.512 e. The fraction of sp³-hybridized carbons (Fsp3) is 0.261. The Morgan fingerprint density at radius 1 is 1.17 bits per heavy atom. The van der Waals surface area contributed by atoms with Crippen molar-refractivity contribution in [1.29, 1.82) is 0 Å². The van der Waals surface area contributed by atoms with Crippen molar-refractivity contribution >= 4 is 16.9 Å². The Labute approximate surface area is 168 Å². The quantitative estimate of drug-likeness (QED) is 0.346. The third kappa shape index (κ3) is 4.17. The van der Waals surface area contributed by atoms with Crippen LogP contribution in [0.1, 0.15) is 38.1 Å². The van der Waals surface area contributed by atoms with E-state index >= 15 is 0 Å². The molecule has 0 spiro atoms. The molecule has 29 heavy (non-hydrogen) atoms. The van der Waals surface area contributed by atoms with E-state index in [4.69, 9.17) is 0 Å². The van der Waals surface area contributed by atoms with Crippen LogP contribution in [0.3, 0.4) is 0 Å². The molecule has 0 fully saturated rings. The van der Waals surface area contributed by atoms with Crippen LogP contribution in [0.15, 0.2) is 60.4 Å². The van der Waals surface area contributed by atoms with Crippen LogP contribution >= 0.6 is 0 Å². The Hall–Kier alpha value is -3.12. The van der Waals surface area contributed by atoms with Crippen LogP contribution in [0.4, 0.5) is 4.39 Å². The Morgan fingerprint density at radius 3 is 2.45 bits per heavy atom. The summed E-state index contributed by atoms with van der Waals surface area (Å²) in [6.45, 7) is 4.00. The van der Waals surface area contributed by atoms with Gasteiger partial charge in [-0.05, 0) is 37.6 Å².